The first kappa shape index (κ1) is 26.8. The first-order valence-electron chi connectivity index (χ1n) is 11.5. The van der Waals surface area contributed by atoms with Gasteiger partial charge in [-0.1, -0.05) is 42.5 Å². The Morgan fingerprint density at radius 1 is 1.06 bits per heavy atom. The van der Waals surface area contributed by atoms with Crippen molar-refractivity contribution < 1.29 is 17.9 Å². The van der Waals surface area contributed by atoms with Gasteiger partial charge >= 0.3 is 0 Å². The van der Waals surface area contributed by atoms with Crippen LogP contribution in [0.3, 0.4) is 0 Å². The molecule has 1 N–H and O–H groups in total. The standard InChI is InChI=1S/C27H32N2O4S2/c1-5-33-26-16-15-25(17-20(26)2)35(31,32)29(18-22-9-7-6-8-10-22)19-27(30)28-21(3)23-11-13-24(34-4)14-12-23/h6-17,21H,5,18-19H2,1-4H3,(H,28,30)/t21-/m0/s1. The number of nitrogens with one attached hydrogen (secondary N) is 1. The lowest BCUT2D eigenvalue weighted by Gasteiger charge is -2.24. The fraction of sp³-hybridized carbons (Fsp3) is 0.296. The van der Waals surface area contributed by atoms with E-state index in [4.69, 9.17) is 4.74 Å². The average Bonchev–Trinajstić information content (AvgIpc) is 2.85. The Morgan fingerprint density at radius 3 is 2.34 bits per heavy atom. The molecule has 8 heteroatoms. The van der Waals surface area contributed by atoms with Gasteiger partial charge in [0.1, 0.15) is 5.75 Å². The van der Waals surface area contributed by atoms with Crippen molar-refractivity contribution in [3.05, 3.63) is 89.5 Å². The molecule has 0 fully saturated rings. The molecule has 0 aromatic heterocycles. The summed E-state index contributed by atoms with van der Waals surface area (Å²) in [6.07, 6.45) is 2.01. The van der Waals surface area contributed by atoms with E-state index in [0.717, 1.165) is 21.6 Å². The van der Waals surface area contributed by atoms with E-state index >= 15 is 0 Å². The van der Waals surface area contributed by atoms with Crippen LogP contribution in [0.5, 0.6) is 5.75 Å². The fourth-order valence-corrected chi connectivity index (χ4v) is 5.56. The van der Waals surface area contributed by atoms with Crippen LogP contribution in [0.4, 0.5) is 0 Å². The van der Waals surface area contributed by atoms with Crippen molar-refractivity contribution in [1.29, 1.82) is 0 Å². The van der Waals surface area contributed by atoms with Crippen LogP contribution in [0.2, 0.25) is 0 Å². The Hall–Kier alpha value is -2.81. The highest BCUT2D eigenvalue weighted by Crippen LogP contribution is 2.25. The van der Waals surface area contributed by atoms with Crippen molar-refractivity contribution in [3.63, 3.8) is 0 Å². The minimum atomic E-state index is -3.94. The summed E-state index contributed by atoms with van der Waals surface area (Å²) in [6.45, 7) is 5.85. The predicted octanol–water partition coefficient (Wildman–Crippen LogP) is 5.18. The molecule has 186 valence electrons. The molecule has 0 bridgehead atoms. The molecular weight excluding hydrogens is 480 g/mol. The Bertz CT molecular complexity index is 1230. The number of carbonyl (C=O) groups excluding carboxylic acids is 1. The Balaban J connectivity index is 1.83. The van der Waals surface area contributed by atoms with E-state index in [1.807, 2.05) is 81.6 Å². The Labute approximate surface area is 212 Å². The van der Waals surface area contributed by atoms with Crippen molar-refractivity contribution in [3.8, 4) is 5.75 Å². The number of thioether (sulfide) groups is 1. The molecule has 0 saturated carbocycles. The number of rotatable bonds is 11. The van der Waals surface area contributed by atoms with E-state index in [9.17, 15) is 13.2 Å². The highest BCUT2D eigenvalue weighted by atomic mass is 32.2. The van der Waals surface area contributed by atoms with Crippen LogP contribution < -0.4 is 10.1 Å². The first-order valence-corrected chi connectivity index (χ1v) is 14.1. The Kier molecular flexibility index (Phi) is 9.37. The molecular formula is C27H32N2O4S2. The summed E-state index contributed by atoms with van der Waals surface area (Å²) in [6, 6.07) is 21.7. The number of aryl methyl sites for hydroxylation is 1. The SMILES string of the molecule is CCOc1ccc(S(=O)(=O)N(CC(=O)N[C@@H](C)c2ccc(SC)cc2)Cc2ccccc2)cc1C. The molecule has 0 radical (unpaired) electrons. The van der Waals surface area contributed by atoms with Gasteiger partial charge in [0.05, 0.1) is 24.1 Å². The van der Waals surface area contributed by atoms with Gasteiger partial charge in [-0.25, -0.2) is 8.42 Å². The predicted molar refractivity (Wildman–Crippen MR) is 141 cm³/mol. The molecule has 0 aliphatic heterocycles. The van der Waals surface area contributed by atoms with Gasteiger partial charge in [-0.05, 0) is 74.0 Å². The van der Waals surface area contributed by atoms with Crippen LogP contribution in [0.15, 0.2) is 82.6 Å². The van der Waals surface area contributed by atoms with Gasteiger partial charge in [0.25, 0.3) is 0 Å². The number of nitrogens with zero attached hydrogens (tertiary/aromatic N) is 1. The van der Waals surface area contributed by atoms with Gasteiger partial charge in [-0.15, -0.1) is 11.8 Å². The van der Waals surface area contributed by atoms with E-state index in [1.54, 1.807) is 23.9 Å². The summed E-state index contributed by atoms with van der Waals surface area (Å²) in [7, 11) is -3.94. The quantitative estimate of drug-likeness (QED) is 0.358. The number of ether oxygens (including phenoxy) is 1. The molecule has 0 unspecified atom stereocenters. The van der Waals surface area contributed by atoms with Crippen LogP contribution in [0, 0.1) is 6.92 Å². The van der Waals surface area contributed by atoms with Crippen molar-refractivity contribution in [1.82, 2.24) is 9.62 Å². The van der Waals surface area contributed by atoms with Crippen LogP contribution >= 0.6 is 11.8 Å². The molecule has 3 aromatic carbocycles. The molecule has 1 amide bonds. The first-order chi connectivity index (χ1) is 16.7. The zero-order valence-corrected chi connectivity index (χ0v) is 22.2. The number of hydrogen-bond acceptors (Lipinski definition) is 5. The van der Waals surface area contributed by atoms with Crippen molar-refractivity contribution in [2.45, 2.75) is 43.1 Å². The number of hydrogen-bond donors (Lipinski definition) is 1. The van der Waals surface area contributed by atoms with Crippen molar-refractivity contribution in [2.75, 3.05) is 19.4 Å². The van der Waals surface area contributed by atoms with Crippen molar-refractivity contribution in [2.24, 2.45) is 0 Å². The second-order valence-electron chi connectivity index (χ2n) is 8.18. The number of sulfonamides is 1. The monoisotopic (exact) mass is 512 g/mol. The normalized spacial score (nSPS) is 12.4. The molecule has 0 aliphatic rings. The fourth-order valence-electron chi connectivity index (χ4n) is 3.68. The third kappa shape index (κ3) is 7.10. The molecule has 3 rings (SSSR count). The van der Waals surface area contributed by atoms with Crippen LogP contribution in [0.25, 0.3) is 0 Å². The zero-order valence-electron chi connectivity index (χ0n) is 20.5. The molecule has 35 heavy (non-hydrogen) atoms. The molecule has 0 spiro atoms. The summed E-state index contributed by atoms with van der Waals surface area (Å²) in [5, 5.41) is 2.94. The lowest BCUT2D eigenvalue weighted by molar-refractivity contribution is -0.122. The second kappa shape index (κ2) is 12.2. The minimum absolute atomic E-state index is 0.0830. The summed E-state index contributed by atoms with van der Waals surface area (Å²) < 4.78 is 34.0. The molecule has 0 saturated heterocycles. The van der Waals surface area contributed by atoms with E-state index < -0.39 is 10.0 Å². The van der Waals surface area contributed by atoms with Gasteiger partial charge in [-0.2, -0.15) is 4.31 Å². The van der Waals surface area contributed by atoms with Gasteiger partial charge < -0.3 is 10.1 Å². The van der Waals surface area contributed by atoms with E-state index in [-0.39, 0.29) is 29.9 Å². The van der Waals surface area contributed by atoms with E-state index in [0.29, 0.717) is 12.4 Å². The highest BCUT2D eigenvalue weighted by Gasteiger charge is 2.28. The Morgan fingerprint density at radius 2 is 1.74 bits per heavy atom. The topological polar surface area (TPSA) is 75.7 Å². The molecule has 6 nitrogen and oxygen atoms in total. The van der Waals surface area contributed by atoms with Crippen LogP contribution in [-0.4, -0.2) is 38.0 Å². The third-order valence-electron chi connectivity index (χ3n) is 5.60. The van der Waals surface area contributed by atoms with Crippen molar-refractivity contribution >= 4 is 27.7 Å². The maximum atomic E-state index is 13.6. The highest BCUT2D eigenvalue weighted by molar-refractivity contribution is 7.98. The maximum Gasteiger partial charge on any atom is 0.243 e. The summed E-state index contributed by atoms with van der Waals surface area (Å²) in [4.78, 5) is 14.3. The zero-order chi connectivity index (χ0) is 25.4. The number of amides is 1. The van der Waals surface area contributed by atoms with E-state index in [2.05, 4.69) is 5.32 Å². The van der Waals surface area contributed by atoms with Gasteiger partial charge in [0, 0.05) is 11.4 Å². The summed E-state index contributed by atoms with van der Waals surface area (Å²) in [5.74, 6) is 0.272. The van der Waals surface area contributed by atoms with Crippen LogP contribution in [0.1, 0.15) is 36.6 Å². The third-order valence-corrected chi connectivity index (χ3v) is 8.13. The molecule has 3 aromatic rings. The second-order valence-corrected chi connectivity index (χ2v) is 11.0. The number of carbonyl (C=O) groups is 1. The average molecular weight is 513 g/mol. The maximum absolute atomic E-state index is 13.6. The summed E-state index contributed by atoms with van der Waals surface area (Å²) >= 11 is 1.65. The largest absolute Gasteiger partial charge is 0.494 e. The van der Waals surface area contributed by atoms with Gasteiger partial charge in [0.2, 0.25) is 15.9 Å². The molecule has 0 heterocycles. The molecule has 0 aliphatic carbocycles. The van der Waals surface area contributed by atoms with Gasteiger partial charge in [-0.3, -0.25) is 4.79 Å². The smallest absolute Gasteiger partial charge is 0.243 e. The van der Waals surface area contributed by atoms with Gasteiger partial charge in [0.15, 0.2) is 0 Å². The molecule has 1 atom stereocenters. The van der Waals surface area contributed by atoms with Crippen LogP contribution in [-0.2, 0) is 21.4 Å². The summed E-state index contributed by atoms with van der Waals surface area (Å²) in [5.41, 5.74) is 2.47. The van der Waals surface area contributed by atoms with E-state index in [1.165, 1.54) is 10.4 Å². The lowest BCUT2D eigenvalue weighted by atomic mass is 10.1. The minimum Gasteiger partial charge on any atom is -0.494 e. The lowest BCUT2D eigenvalue weighted by Crippen LogP contribution is -2.41. The number of benzene rings is 3.